The molecule has 0 saturated heterocycles. The third-order valence-electron chi connectivity index (χ3n) is 4.38. The summed E-state index contributed by atoms with van der Waals surface area (Å²) >= 11 is 0. The van der Waals surface area contributed by atoms with E-state index in [1.54, 1.807) is 48.5 Å². The maximum atomic E-state index is 12.5. The van der Waals surface area contributed by atoms with E-state index < -0.39 is 17.9 Å². The van der Waals surface area contributed by atoms with Gasteiger partial charge in [0, 0.05) is 24.2 Å². The van der Waals surface area contributed by atoms with Crippen molar-refractivity contribution in [3.8, 4) is 5.75 Å². The van der Waals surface area contributed by atoms with Crippen molar-refractivity contribution in [2.24, 2.45) is 5.10 Å². The number of aliphatic carboxylic acids is 1. The second-order valence-corrected chi connectivity index (χ2v) is 6.27. The Kier molecular flexibility index (Phi) is 5.40. The number of hydrogen-bond donors (Lipinski definition) is 2. The van der Waals surface area contributed by atoms with E-state index in [0.717, 1.165) is 24.4 Å². The summed E-state index contributed by atoms with van der Waals surface area (Å²) < 4.78 is 5.07. The number of nitrogens with zero attached hydrogens (tertiary/aromatic N) is 2. The Balaban J connectivity index is 1.72. The van der Waals surface area contributed by atoms with Crippen LogP contribution >= 0.6 is 0 Å². The summed E-state index contributed by atoms with van der Waals surface area (Å²) in [5.74, 6) is -0.970. The third kappa shape index (κ3) is 4.25. The molecule has 27 heavy (non-hydrogen) atoms. The van der Waals surface area contributed by atoms with Gasteiger partial charge < -0.3 is 15.2 Å². The van der Waals surface area contributed by atoms with Crippen LogP contribution in [0.15, 0.2) is 53.6 Å². The molecule has 0 bridgehead atoms. The summed E-state index contributed by atoms with van der Waals surface area (Å²) in [5.41, 5.74) is 2.82. The minimum absolute atomic E-state index is 0.387. The molecule has 0 saturated carbocycles. The van der Waals surface area contributed by atoms with Crippen LogP contribution in [-0.4, -0.2) is 36.3 Å². The molecule has 1 atom stereocenters. The lowest BCUT2D eigenvalue weighted by Crippen LogP contribution is -2.33. The molecule has 1 aliphatic rings. The molecule has 0 aliphatic carbocycles. The number of carboxylic acid groups (broad SMARTS) is 1. The number of carbonyl (C=O) groups excluding carboxylic acids is 1. The van der Waals surface area contributed by atoms with Gasteiger partial charge >= 0.3 is 5.97 Å². The molecule has 1 heterocycles. The van der Waals surface area contributed by atoms with Gasteiger partial charge in [-0.25, -0.2) is 4.79 Å². The average molecular weight is 367 g/mol. The van der Waals surface area contributed by atoms with Gasteiger partial charge in [0.15, 0.2) is 6.04 Å². The summed E-state index contributed by atoms with van der Waals surface area (Å²) in [4.78, 5) is 24.1. The minimum Gasteiger partial charge on any atom is -0.497 e. The SMILES string of the molecule is COc1ccc(C(NC(=O)c2ccc(N3CCC(C)=N3)cc2)C(=O)O)cc1. The number of methoxy groups -OCH3 is 1. The molecule has 0 spiro atoms. The third-order valence-corrected chi connectivity index (χ3v) is 4.38. The molecule has 0 fully saturated rings. The summed E-state index contributed by atoms with van der Waals surface area (Å²) in [6.45, 7) is 2.79. The van der Waals surface area contributed by atoms with E-state index in [0.29, 0.717) is 16.9 Å². The number of hydrazone groups is 1. The highest BCUT2D eigenvalue weighted by molar-refractivity contribution is 5.97. The molecule has 3 rings (SSSR count). The van der Waals surface area contributed by atoms with E-state index in [-0.39, 0.29) is 0 Å². The summed E-state index contributed by atoms with van der Waals surface area (Å²) in [6, 6.07) is 12.4. The fourth-order valence-corrected chi connectivity index (χ4v) is 2.84. The van der Waals surface area contributed by atoms with Gasteiger partial charge in [0.05, 0.1) is 12.8 Å². The molecule has 0 radical (unpaired) electrons. The molecule has 140 valence electrons. The van der Waals surface area contributed by atoms with Gasteiger partial charge in [0.1, 0.15) is 5.75 Å². The lowest BCUT2D eigenvalue weighted by atomic mass is 10.1. The minimum atomic E-state index is -1.14. The van der Waals surface area contributed by atoms with Crippen LogP contribution in [0.4, 0.5) is 5.69 Å². The second kappa shape index (κ2) is 7.90. The van der Waals surface area contributed by atoms with Crippen molar-refractivity contribution in [2.75, 3.05) is 18.7 Å². The van der Waals surface area contributed by atoms with E-state index in [9.17, 15) is 14.7 Å². The highest BCUT2D eigenvalue weighted by Gasteiger charge is 2.23. The number of carbonyl (C=O) groups is 2. The maximum absolute atomic E-state index is 12.5. The molecule has 1 unspecified atom stereocenters. The number of ether oxygens (including phenoxy) is 1. The predicted molar refractivity (Wildman–Crippen MR) is 102 cm³/mol. The molecule has 2 N–H and O–H groups in total. The Hall–Kier alpha value is -3.35. The van der Waals surface area contributed by atoms with E-state index >= 15 is 0 Å². The van der Waals surface area contributed by atoms with Gasteiger partial charge in [-0.1, -0.05) is 12.1 Å². The Morgan fingerprint density at radius 3 is 2.33 bits per heavy atom. The molecule has 2 aromatic carbocycles. The topological polar surface area (TPSA) is 91.2 Å². The van der Waals surface area contributed by atoms with Crippen molar-refractivity contribution in [3.63, 3.8) is 0 Å². The molecule has 1 amide bonds. The molecule has 1 aliphatic heterocycles. The zero-order chi connectivity index (χ0) is 19.4. The molecule has 0 aromatic heterocycles. The van der Waals surface area contributed by atoms with Gasteiger partial charge in [0.25, 0.3) is 5.91 Å². The van der Waals surface area contributed by atoms with Crippen molar-refractivity contribution in [1.82, 2.24) is 5.32 Å². The van der Waals surface area contributed by atoms with Crippen LogP contribution < -0.4 is 15.1 Å². The van der Waals surface area contributed by atoms with Gasteiger partial charge in [-0.3, -0.25) is 9.80 Å². The van der Waals surface area contributed by atoms with Crippen LogP contribution in [0.25, 0.3) is 0 Å². The van der Waals surface area contributed by atoms with Crippen molar-refractivity contribution in [2.45, 2.75) is 19.4 Å². The molecular formula is C20H21N3O4. The van der Waals surface area contributed by atoms with Crippen LogP contribution in [0, 0.1) is 0 Å². The van der Waals surface area contributed by atoms with E-state index in [1.165, 1.54) is 7.11 Å². The average Bonchev–Trinajstić information content (AvgIpc) is 3.12. The molecule has 2 aromatic rings. The summed E-state index contributed by atoms with van der Waals surface area (Å²) in [6.07, 6.45) is 0.921. The molecular weight excluding hydrogens is 346 g/mol. The quantitative estimate of drug-likeness (QED) is 0.819. The Labute approximate surface area is 157 Å². The Morgan fingerprint density at radius 2 is 1.81 bits per heavy atom. The number of anilines is 1. The zero-order valence-corrected chi connectivity index (χ0v) is 15.2. The van der Waals surface area contributed by atoms with Crippen LogP contribution in [0.3, 0.4) is 0 Å². The smallest absolute Gasteiger partial charge is 0.330 e. The number of nitrogens with one attached hydrogen (secondary N) is 1. The second-order valence-electron chi connectivity index (χ2n) is 6.27. The molecule has 7 heteroatoms. The summed E-state index contributed by atoms with van der Waals surface area (Å²) in [7, 11) is 1.53. The zero-order valence-electron chi connectivity index (χ0n) is 15.2. The first-order valence-corrected chi connectivity index (χ1v) is 8.57. The number of rotatable bonds is 6. The fraction of sp³-hybridized carbons (Fsp3) is 0.250. The van der Waals surface area contributed by atoms with E-state index in [1.807, 2.05) is 11.9 Å². The predicted octanol–water partition coefficient (Wildman–Crippen LogP) is 2.84. The normalized spacial score (nSPS) is 14.4. The highest BCUT2D eigenvalue weighted by atomic mass is 16.5. The van der Waals surface area contributed by atoms with Crippen LogP contribution in [-0.2, 0) is 4.79 Å². The first kappa shape index (κ1) is 18.4. The van der Waals surface area contributed by atoms with Gasteiger partial charge in [-0.15, -0.1) is 0 Å². The monoisotopic (exact) mass is 367 g/mol. The van der Waals surface area contributed by atoms with Crippen LogP contribution in [0.5, 0.6) is 5.75 Å². The Bertz CT molecular complexity index is 860. The lowest BCUT2D eigenvalue weighted by molar-refractivity contribution is -0.139. The van der Waals surface area contributed by atoms with Crippen molar-refractivity contribution in [3.05, 3.63) is 59.7 Å². The standard InChI is InChI=1S/C20H21N3O4/c1-13-11-12-23(22-13)16-7-3-15(4-8-16)19(24)21-18(20(25)26)14-5-9-17(27-2)10-6-14/h3-10,18H,11-12H2,1-2H3,(H,21,24)(H,25,26). The number of benzene rings is 2. The maximum Gasteiger partial charge on any atom is 0.330 e. The largest absolute Gasteiger partial charge is 0.497 e. The number of amides is 1. The lowest BCUT2D eigenvalue weighted by Gasteiger charge is -2.16. The van der Waals surface area contributed by atoms with E-state index in [2.05, 4.69) is 10.4 Å². The highest BCUT2D eigenvalue weighted by Crippen LogP contribution is 2.21. The van der Waals surface area contributed by atoms with Gasteiger partial charge in [-0.05, 0) is 48.9 Å². The Morgan fingerprint density at radius 1 is 1.15 bits per heavy atom. The first-order valence-electron chi connectivity index (χ1n) is 8.57. The molecule has 7 nitrogen and oxygen atoms in total. The van der Waals surface area contributed by atoms with Gasteiger partial charge in [-0.2, -0.15) is 5.10 Å². The number of carboxylic acids is 1. The van der Waals surface area contributed by atoms with Crippen molar-refractivity contribution >= 4 is 23.3 Å². The van der Waals surface area contributed by atoms with E-state index in [4.69, 9.17) is 4.74 Å². The van der Waals surface area contributed by atoms with Crippen molar-refractivity contribution in [1.29, 1.82) is 0 Å². The van der Waals surface area contributed by atoms with Crippen molar-refractivity contribution < 1.29 is 19.4 Å². The first-order chi connectivity index (χ1) is 13.0. The summed E-state index contributed by atoms with van der Waals surface area (Å²) in [5, 5.41) is 18.4. The fourth-order valence-electron chi connectivity index (χ4n) is 2.84. The van der Waals surface area contributed by atoms with Gasteiger partial charge in [0.2, 0.25) is 0 Å². The number of hydrogen-bond acceptors (Lipinski definition) is 5. The van der Waals surface area contributed by atoms with Crippen LogP contribution in [0.1, 0.15) is 35.3 Å². The van der Waals surface area contributed by atoms with Crippen LogP contribution in [0.2, 0.25) is 0 Å².